The predicted molar refractivity (Wildman–Crippen MR) is 82.3 cm³/mol. The first kappa shape index (κ1) is 17.2. The molecule has 0 spiro atoms. The van der Waals surface area contributed by atoms with Gasteiger partial charge in [0, 0.05) is 25.2 Å². The van der Waals surface area contributed by atoms with E-state index in [1.54, 1.807) is 4.90 Å². The van der Waals surface area contributed by atoms with E-state index in [-0.39, 0.29) is 18.3 Å². The van der Waals surface area contributed by atoms with E-state index in [4.69, 9.17) is 0 Å². The van der Waals surface area contributed by atoms with Gasteiger partial charge in [-0.15, -0.1) is 0 Å². The molecule has 0 N–H and O–H groups in total. The fraction of sp³-hybridized carbons (Fsp3) is 0.500. The van der Waals surface area contributed by atoms with Crippen LogP contribution in [0.25, 0.3) is 0 Å². The van der Waals surface area contributed by atoms with Gasteiger partial charge in [-0.2, -0.15) is 0 Å². The van der Waals surface area contributed by atoms with Crippen LogP contribution in [0.5, 0.6) is 0 Å². The zero-order valence-corrected chi connectivity index (χ0v) is 13.3. The van der Waals surface area contributed by atoms with Gasteiger partial charge >= 0.3 is 5.97 Å². The van der Waals surface area contributed by atoms with Crippen molar-refractivity contribution in [2.24, 2.45) is 0 Å². The number of amides is 1. The van der Waals surface area contributed by atoms with E-state index in [1.165, 1.54) is 7.11 Å². The van der Waals surface area contributed by atoms with Crippen LogP contribution in [0.1, 0.15) is 22.3 Å². The minimum Gasteiger partial charge on any atom is -0.469 e. The second-order valence-corrected chi connectivity index (χ2v) is 5.24. The lowest BCUT2D eigenvalue weighted by Gasteiger charge is -2.24. The number of aryl methyl sites for hydroxylation is 1. The third-order valence-electron chi connectivity index (χ3n) is 3.29. The molecule has 0 aliphatic carbocycles. The monoisotopic (exact) mass is 292 g/mol. The summed E-state index contributed by atoms with van der Waals surface area (Å²) in [6, 6.07) is 7.49. The quantitative estimate of drug-likeness (QED) is 0.716. The number of hydrogen-bond acceptors (Lipinski definition) is 4. The smallest absolute Gasteiger partial charge is 0.307 e. The van der Waals surface area contributed by atoms with Gasteiger partial charge in [0.15, 0.2) is 0 Å². The van der Waals surface area contributed by atoms with Crippen LogP contribution in [-0.4, -0.2) is 62.5 Å². The number of likely N-dealkylation sites (N-methyl/N-ethyl adjacent to an activating group) is 1. The number of rotatable bonds is 7. The minimum absolute atomic E-state index is 0.0427. The first-order chi connectivity index (χ1) is 9.95. The molecule has 0 atom stereocenters. The fourth-order valence-electron chi connectivity index (χ4n) is 1.95. The van der Waals surface area contributed by atoms with E-state index in [0.717, 1.165) is 12.1 Å². The number of ether oxygens (including phenoxy) is 1. The lowest BCUT2D eigenvalue weighted by Crippen LogP contribution is -2.38. The van der Waals surface area contributed by atoms with Crippen molar-refractivity contribution in [3.8, 4) is 0 Å². The third kappa shape index (κ3) is 5.55. The Morgan fingerprint density at radius 2 is 1.76 bits per heavy atom. The van der Waals surface area contributed by atoms with Crippen LogP contribution in [0.15, 0.2) is 24.3 Å². The van der Waals surface area contributed by atoms with Gasteiger partial charge in [-0.05, 0) is 32.6 Å². The molecule has 1 rings (SSSR count). The number of hydrogen-bond donors (Lipinski definition) is 0. The molecule has 0 heterocycles. The van der Waals surface area contributed by atoms with Crippen molar-refractivity contribution in [3.05, 3.63) is 35.4 Å². The predicted octanol–water partition coefficient (Wildman–Crippen LogP) is 1.56. The summed E-state index contributed by atoms with van der Waals surface area (Å²) in [4.78, 5) is 27.7. The van der Waals surface area contributed by atoms with Crippen molar-refractivity contribution in [2.45, 2.75) is 13.3 Å². The Labute approximate surface area is 126 Å². The SMILES string of the molecule is COC(=O)CCN(CCN(C)C)C(=O)c1ccccc1C. The van der Waals surface area contributed by atoms with Crippen LogP contribution in [0.3, 0.4) is 0 Å². The summed E-state index contributed by atoms with van der Waals surface area (Å²) >= 11 is 0. The number of methoxy groups -OCH3 is 1. The Kier molecular flexibility index (Phi) is 6.88. The van der Waals surface area contributed by atoms with Crippen LogP contribution in [0, 0.1) is 6.92 Å². The Bertz CT molecular complexity index is 486. The molecule has 0 saturated carbocycles. The van der Waals surface area contributed by atoms with Crippen LogP contribution in [-0.2, 0) is 9.53 Å². The van der Waals surface area contributed by atoms with Crippen molar-refractivity contribution in [1.82, 2.24) is 9.80 Å². The summed E-state index contributed by atoms with van der Waals surface area (Å²) < 4.78 is 4.65. The number of benzene rings is 1. The maximum Gasteiger partial charge on any atom is 0.307 e. The summed E-state index contributed by atoms with van der Waals surface area (Å²) in [6.45, 7) is 3.61. The molecule has 21 heavy (non-hydrogen) atoms. The zero-order valence-electron chi connectivity index (χ0n) is 13.3. The minimum atomic E-state index is -0.303. The van der Waals surface area contributed by atoms with Crippen molar-refractivity contribution < 1.29 is 14.3 Å². The highest BCUT2D eigenvalue weighted by Crippen LogP contribution is 2.11. The van der Waals surface area contributed by atoms with E-state index < -0.39 is 0 Å². The Morgan fingerprint density at radius 3 is 2.33 bits per heavy atom. The van der Waals surface area contributed by atoms with Gasteiger partial charge in [0.25, 0.3) is 5.91 Å². The molecular weight excluding hydrogens is 268 g/mol. The number of carbonyl (C=O) groups excluding carboxylic acids is 2. The van der Waals surface area contributed by atoms with Gasteiger partial charge < -0.3 is 14.5 Å². The van der Waals surface area contributed by atoms with Crippen molar-refractivity contribution >= 4 is 11.9 Å². The second kappa shape index (κ2) is 8.42. The Balaban J connectivity index is 2.81. The average molecular weight is 292 g/mol. The molecule has 1 amide bonds. The lowest BCUT2D eigenvalue weighted by molar-refractivity contribution is -0.140. The van der Waals surface area contributed by atoms with Gasteiger partial charge in [-0.25, -0.2) is 0 Å². The highest BCUT2D eigenvalue weighted by molar-refractivity contribution is 5.95. The van der Waals surface area contributed by atoms with Crippen LogP contribution in [0.4, 0.5) is 0 Å². The molecule has 0 saturated heterocycles. The third-order valence-corrected chi connectivity index (χ3v) is 3.29. The van der Waals surface area contributed by atoms with Crippen molar-refractivity contribution in [1.29, 1.82) is 0 Å². The summed E-state index contributed by atoms with van der Waals surface area (Å²) in [6.07, 6.45) is 0.210. The number of nitrogens with zero attached hydrogens (tertiary/aromatic N) is 2. The Morgan fingerprint density at radius 1 is 1.10 bits per heavy atom. The van der Waals surface area contributed by atoms with Gasteiger partial charge in [-0.3, -0.25) is 9.59 Å². The molecule has 0 aliphatic heterocycles. The van der Waals surface area contributed by atoms with Gasteiger partial charge in [0.05, 0.1) is 13.5 Å². The first-order valence-electron chi connectivity index (χ1n) is 7.02. The standard InChI is InChI=1S/C16H24N2O3/c1-13-7-5-6-8-14(13)16(20)18(12-11-17(2)3)10-9-15(19)21-4/h5-8H,9-12H2,1-4H3. The molecule has 1 aromatic rings. The molecule has 0 radical (unpaired) electrons. The molecule has 116 valence electrons. The van der Waals surface area contributed by atoms with E-state index in [2.05, 4.69) is 4.74 Å². The van der Waals surface area contributed by atoms with E-state index in [0.29, 0.717) is 18.7 Å². The molecule has 0 aliphatic rings. The van der Waals surface area contributed by atoms with Crippen LogP contribution < -0.4 is 0 Å². The largest absolute Gasteiger partial charge is 0.469 e. The van der Waals surface area contributed by atoms with Crippen LogP contribution in [0.2, 0.25) is 0 Å². The first-order valence-corrected chi connectivity index (χ1v) is 7.02. The summed E-state index contributed by atoms with van der Waals surface area (Å²) in [5.74, 6) is -0.346. The number of carbonyl (C=O) groups is 2. The molecule has 5 nitrogen and oxygen atoms in total. The van der Waals surface area contributed by atoms with Gasteiger partial charge in [0.2, 0.25) is 0 Å². The molecule has 1 aromatic carbocycles. The molecular formula is C16H24N2O3. The Hall–Kier alpha value is -1.88. The van der Waals surface area contributed by atoms with E-state index >= 15 is 0 Å². The number of esters is 1. The zero-order chi connectivity index (χ0) is 15.8. The normalized spacial score (nSPS) is 10.5. The van der Waals surface area contributed by atoms with E-state index in [1.807, 2.05) is 50.2 Å². The van der Waals surface area contributed by atoms with Gasteiger partial charge in [-0.1, -0.05) is 18.2 Å². The summed E-state index contributed by atoms with van der Waals surface area (Å²) in [5, 5.41) is 0. The molecule has 0 fully saturated rings. The summed E-state index contributed by atoms with van der Waals surface area (Å²) in [5.41, 5.74) is 1.62. The maximum atomic E-state index is 12.6. The molecule has 0 unspecified atom stereocenters. The fourth-order valence-corrected chi connectivity index (χ4v) is 1.95. The second-order valence-electron chi connectivity index (χ2n) is 5.24. The van der Waals surface area contributed by atoms with Crippen molar-refractivity contribution in [2.75, 3.05) is 40.8 Å². The van der Waals surface area contributed by atoms with Gasteiger partial charge in [0.1, 0.15) is 0 Å². The highest BCUT2D eigenvalue weighted by Gasteiger charge is 2.18. The lowest BCUT2D eigenvalue weighted by atomic mass is 10.1. The average Bonchev–Trinajstić information content (AvgIpc) is 2.46. The topological polar surface area (TPSA) is 49.9 Å². The molecule has 0 aromatic heterocycles. The summed E-state index contributed by atoms with van der Waals surface area (Å²) in [7, 11) is 5.27. The molecule has 5 heteroatoms. The highest BCUT2D eigenvalue weighted by atomic mass is 16.5. The van der Waals surface area contributed by atoms with E-state index in [9.17, 15) is 9.59 Å². The van der Waals surface area contributed by atoms with Crippen LogP contribution >= 0.6 is 0 Å². The van der Waals surface area contributed by atoms with Crippen molar-refractivity contribution in [3.63, 3.8) is 0 Å². The maximum absolute atomic E-state index is 12.6. The molecule has 0 bridgehead atoms.